The molecule has 4 rings (SSSR count). The Morgan fingerprint density at radius 3 is 2.92 bits per heavy atom. The molecule has 0 aliphatic carbocycles. The molecule has 0 bridgehead atoms. The van der Waals surface area contributed by atoms with Gasteiger partial charge in [-0.1, -0.05) is 6.07 Å². The average molecular weight is 324 g/mol. The summed E-state index contributed by atoms with van der Waals surface area (Å²) in [5, 5.41) is 6.71. The average Bonchev–Trinajstić information content (AvgIpc) is 2.62. The first-order valence-electron chi connectivity index (χ1n) is 8.64. The maximum atomic E-state index is 4.66. The van der Waals surface area contributed by atoms with Crippen LogP contribution in [0.25, 0.3) is 0 Å². The second-order valence-corrected chi connectivity index (χ2v) is 6.56. The number of benzene rings is 1. The summed E-state index contributed by atoms with van der Waals surface area (Å²) in [5.41, 5.74) is 4.65. The summed E-state index contributed by atoms with van der Waals surface area (Å²) in [6, 6.07) is 8.52. The second kappa shape index (κ2) is 6.75. The van der Waals surface area contributed by atoms with Gasteiger partial charge in [-0.15, -0.1) is 0 Å². The van der Waals surface area contributed by atoms with Crippen LogP contribution >= 0.6 is 0 Å². The zero-order chi connectivity index (χ0) is 16.4. The van der Waals surface area contributed by atoms with Crippen molar-refractivity contribution in [2.24, 2.45) is 0 Å². The fourth-order valence-corrected chi connectivity index (χ4v) is 3.27. The van der Waals surface area contributed by atoms with Crippen LogP contribution in [0.15, 0.2) is 30.5 Å². The van der Waals surface area contributed by atoms with Crippen LogP contribution in [0.1, 0.15) is 11.3 Å². The molecule has 2 aromatic rings. The number of likely N-dealkylation sites (N-methyl/N-ethyl adjacent to an activating group) is 1. The molecule has 1 aromatic heterocycles. The van der Waals surface area contributed by atoms with Crippen molar-refractivity contribution in [1.29, 1.82) is 0 Å². The van der Waals surface area contributed by atoms with E-state index in [1.807, 2.05) is 6.20 Å². The number of nitrogens with zero attached hydrogens (tertiary/aromatic N) is 4. The third kappa shape index (κ3) is 3.34. The first-order valence-corrected chi connectivity index (χ1v) is 8.64. The molecule has 0 amide bonds. The van der Waals surface area contributed by atoms with Gasteiger partial charge in [0.2, 0.25) is 5.95 Å². The first kappa shape index (κ1) is 15.4. The lowest BCUT2D eigenvalue weighted by atomic mass is 10.1. The molecule has 6 heteroatoms. The lowest BCUT2D eigenvalue weighted by Gasteiger charge is -2.34. The number of hydrogen-bond acceptors (Lipinski definition) is 6. The highest BCUT2D eigenvalue weighted by molar-refractivity contribution is 5.62. The van der Waals surface area contributed by atoms with Crippen LogP contribution in [0.3, 0.4) is 0 Å². The van der Waals surface area contributed by atoms with Gasteiger partial charge in [-0.25, -0.2) is 9.97 Å². The minimum atomic E-state index is 0.674. The van der Waals surface area contributed by atoms with Gasteiger partial charge in [-0.3, -0.25) is 0 Å². The van der Waals surface area contributed by atoms with Crippen molar-refractivity contribution in [2.45, 2.75) is 13.0 Å². The summed E-state index contributed by atoms with van der Waals surface area (Å²) >= 11 is 0. The molecule has 2 N–H and O–H groups in total. The number of nitrogens with one attached hydrogen (secondary N) is 2. The van der Waals surface area contributed by atoms with Crippen LogP contribution in [0.2, 0.25) is 0 Å². The molecule has 2 aliphatic heterocycles. The number of rotatable bonds is 3. The van der Waals surface area contributed by atoms with Crippen LogP contribution in [-0.2, 0) is 13.0 Å². The van der Waals surface area contributed by atoms with Crippen LogP contribution in [0, 0.1) is 0 Å². The van der Waals surface area contributed by atoms with E-state index in [-0.39, 0.29) is 0 Å². The van der Waals surface area contributed by atoms with Gasteiger partial charge in [0, 0.05) is 50.3 Å². The highest BCUT2D eigenvalue weighted by Gasteiger charge is 2.15. The van der Waals surface area contributed by atoms with E-state index < -0.39 is 0 Å². The zero-order valence-corrected chi connectivity index (χ0v) is 14.1. The molecule has 1 fully saturated rings. The zero-order valence-electron chi connectivity index (χ0n) is 14.1. The van der Waals surface area contributed by atoms with Crippen molar-refractivity contribution in [3.05, 3.63) is 41.7 Å². The Bertz CT molecular complexity index is 708. The summed E-state index contributed by atoms with van der Waals surface area (Å²) in [6.07, 6.45) is 2.96. The van der Waals surface area contributed by atoms with Crippen LogP contribution < -0.4 is 15.5 Å². The molecule has 0 atom stereocenters. The molecule has 1 aromatic carbocycles. The van der Waals surface area contributed by atoms with Crippen molar-refractivity contribution >= 4 is 17.3 Å². The maximum Gasteiger partial charge on any atom is 0.227 e. The van der Waals surface area contributed by atoms with E-state index in [1.165, 1.54) is 11.3 Å². The Balaban J connectivity index is 1.49. The summed E-state index contributed by atoms with van der Waals surface area (Å²) in [5.74, 6) is 0.674. The quantitative estimate of drug-likeness (QED) is 0.895. The monoisotopic (exact) mass is 324 g/mol. The van der Waals surface area contributed by atoms with E-state index in [4.69, 9.17) is 0 Å². The van der Waals surface area contributed by atoms with Gasteiger partial charge in [0.1, 0.15) is 0 Å². The molecule has 1 saturated heterocycles. The fraction of sp³-hybridized carbons (Fsp3) is 0.444. The largest absolute Gasteiger partial charge is 0.369 e. The van der Waals surface area contributed by atoms with Crippen molar-refractivity contribution in [3.63, 3.8) is 0 Å². The molecule has 3 heterocycles. The minimum absolute atomic E-state index is 0.674. The fourth-order valence-electron chi connectivity index (χ4n) is 3.27. The Morgan fingerprint density at radius 1 is 1.17 bits per heavy atom. The molecule has 0 saturated carbocycles. The van der Waals surface area contributed by atoms with E-state index in [1.54, 1.807) is 0 Å². The minimum Gasteiger partial charge on any atom is -0.369 e. The number of anilines is 3. The van der Waals surface area contributed by atoms with Crippen LogP contribution in [0.5, 0.6) is 0 Å². The van der Waals surface area contributed by atoms with Gasteiger partial charge in [0.15, 0.2) is 0 Å². The molecule has 0 spiro atoms. The van der Waals surface area contributed by atoms with Crippen LogP contribution in [-0.4, -0.2) is 54.6 Å². The summed E-state index contributed by atoms with van der Waals surface area (Å²) in [7, 11) is 2.18. The summed E-state index contributed by atoms with van der Waals surface area (Å²) in [6.45, 7) is 6.20. The predicted octanol–water partition coefficient (Wildman–Crippen LogP) is 1.62. The third-order valence-electron chi connectivity index (χ3n) is 4.79. The SMILES string of the molecule is CN1CCN(c2cccc(Nc3ncc4c(n3)CNCC4)c2)CC1. The lowest BCUT2D eigenvalue weighted by molar-refractivity contribution is 0.313. The second-order valence-electron chi connectivity index (χ2n) is 6.56. The lowest BCUT2D eigenvalue weighted by Crippen LogP contribution is -2.44. The van der Waals surface area contributed by atoms with E-state index in [0.29, 0.717) is 5.95 Å². The number of hydrogen-bond donors (Lipinski definition) is 2. The molecular formula is C18H24N6. The maximum absolute atomic E-state index is 4.66. The van der Waals surface area contributed by atoms with Crippen LogP contribution in [0.4, 0.5) is 17.3 Å². The number of piperazine rings is 1. The molecule has 0 unspecified atom stereocenters. The van der Waals surface area contributed by atoms with Crippen molar-refractivity contribution in [1.82, 2.24) is 20.2 Å². The normalized spacial score (nSPS) is 18.3. The Hall–Kier alpha value is -2.18. The summed E-state index contributed by atoms with van der Waals surface area (Å²) < 4.78 is 0. The smallest absolute Gasteiger partial charge is 0.227 e. The van der Waals surface area contributed by atoms with E-state index in [2.05, 4.69) is 61.7 Å². The highest BCUT2D eigenvalue weighted by Crippen LogP contribution is 2.23. The van der Waals surface area contributed by atoms with Gasteiger partial charge in [-0.05, 0) is 43.8 Å². The molecule has 2 aliphatic rings. The Labute approximate surface area is 142 Å². The molecule has 24 heavy (non-hydrogen) atoms. The standard InChI is InChI=1S/C18H24N6/c1-23-7-9-24(10-8-23)16-4-2-3-15(11-16)21-18-20-12-14-5-6-19-13-17(14)22-18/h2-4,11-12,19H,5-10,13H2,1H3,(H,20,21,22). The summed E-state index contributed by atoms with van der Waals surface area (Å²) in [4.78, 5) is 13.9. The van der Waals surface area contributed by atoms with Gasteiger partial charge in [0.25, 0.3) is 0 Å². The molecule has 126 valence electrons. The first-order chi connectivity index (χ1) is 11.8. The Kier molecular flexibility index (Phi) is 4.32. The van der Waals surface area contributed by atoms with Crippen molar-refractivity contribution in [2.75, 3.05) is 50.0 Å². The van der Waals surface area contributed by atoms with E-state index >= 15 is 0 Å². The van der Waals surface area contributed by atoms with Gasteiger partial charge in [0.05, 0.1) is 5.69 Å². The van der Waals surface area contributed by atoms with Gasteiger partial charge < -0.3 is 20.4 Å². The van der Waals surface area contributed by atoms with E-state index in [0.717, 1.165) is 57.1 Å². The molecule has 6 nitrogen and oxygen atoms in total. The highest BCUT2D eigenvalue weighted by atomic mass is 15.2. The van der Waals surface area contributed by atoms with Crippen molar-refractivity contribution in [3.8, 4) is 0 Å². The predicted molar refractivity (Wildman–Crippen MR) is 96.9 cm³/mol. The van der Waals surface area contributed by atoms with Gasteiger partial charge in [-0.2, -0.15) is 0 Å². The van der Waals surface area contributed by atoms with Gasteiger partial charge >= 0.3 is 0 Å². The number of fused-ring (bicyclic) bond motifs is 1. The third-order valence-corrected chi connectivity index (χ3v) is 4.79. The van der Waals surface area contributed by atoms with E-state index in [9.17, 15) is 0 Å². The topological polar surface area (TPSA) is 56.3 Å². The molecule has 0 radical (unpaired) electrons. The Morgan fingerprint density at radius 2 is 2.04 bits per heavy atom. The number of aromatic nitrogens is 2. The molecular weight excluding hydrogens is 300 g/mol. The van der Waals surface area contributed by atoms with Crippen molar-refractivity contribution < 1.29 is 0 Å².